The molecule has 2 rings (SSSR count). The number of halogens is 2. The van der Waals surface area contributed by atoms with Crippen molar-refractivity contribution in [3.8, 4) is 0 Å². The molecule has 20 heavy (non-hydrogen) atoms. The van der Waals surface area contributed by atoms with Crippen molar-refractivity contribution in [3.05, 3.63) is 64.1 Å². The molecule has 104 valence electrons. The highest BCUT2D eigenvalue weighted by Crippen LogP contribution is 2.29. The molecule has 0 saturated heterocycles. The molecule has 0 heterocycles. The van der Waals surface area contributed by atoms with Gasteiger partial charge in [-0.1, -0.05) is 59.6 Å². The summed E-state index contributed by atoms with van der Waals surface area (Å²) in [5, 5.41) is 3.03. The molecule has 2 aromatic rings. The summed E-state index contributed by atoms with van der Waals surface area (Å²) in [5.74, 6) is -0.207. The number of carbonyl (C=O) groups excluding carboxylic acids is 1. The number of hydrogen-bond donors (Lipinski definition) is 2. The van der Waals surface area contributed by atoms with E-state index in [1.165, 1.54) is 0 Å². The number of benzene rings is 2. The van der Waals surface area contributed by atoms with Gasteiger partial charge >= 0.3 is 0 Å². The lowest BCUT2D eigenvalue weighted by atomic mass is 10.1. The molecule has 0 fully saturated rings. The lowest BCUT2D eigenvalue weighted by molar-refractivity contribution is -0.115. The molecular formula is C15H13Cl2NOS. The van der Waals surface area contributed by atoms with Crippen molar-refractivity contribution in [3.63, 3.8) is 0 Å². The van der Waals surface area contributed by atoms with E-state index in [-0.39, 0.29) is 5.91 Å². The second-order valence-electron chi connectivity index (χ2n) is 4.30. The Morgan fingerprint density at radius 2 is 1.80 bits per heavy atom. The third kappa shape index (κ3) is 3.92. The molecular weight excluding hydrogens is 313 g/mol. The molecule has 1 unspecified atom stereocenters. The van der Waals surface area contributed by atoms with Gasteiger partial charge in [0.1, 0.15) is 0 Å². The highest BCUT2D eigenvalue weighted by atomic mass is 35.5. The van der Waals surface area contributed by atoms with Crippen LogP contribution in [-0.4, -0.2) is 11.2 Å². The average molecular weight is 326 g/mol. The molecule has 1 amide bonds. The van der Waals surface area contributed by atoms with Gasteiger partial charge in [0.2, 0.25) is 5.91 Å². The minimum atomic E-state index is -0.451. The Morgan fingerprint density at radius 3 is 2.50 bits per heavy atom. The fourth-order valence-electron chi connectivity index (χ4n) is 1.75. The summed E-state index contributed by atoms with van der Waals surface area (Å²) in [6, 6.07) is 14.8. The Bertz CT molecular complexity index is 604. The highest BCUT2D eigenvalue weighted by Gasteiger charge is 2.16. The number of anilines is 1. The van der Waals surface area contributed by atoms with E-state index in [0.29, 0.717) is 22.2 Å². The van der Waals surface area contributed by atoms with Crippen LogP contribution >= 0.6 is 35.8 Å². The third-order valence-corrected chi connectivity index (χ3v) is 4.02. The van der Waals surface area contributed by atoms with E-state index >= 15 is 0 Å². The predicted octanol–water partition coefficient (Wildman–Crippen LogP) is 4.47. The normalized spacial score (nSPS) is 11.9. The molecule has 0 saturated carbocycles. The number of hydrogen-bond acceptors (Lipinski definition) is 2. The number of nitrogens with one attached hydrogen (secondary N) is 1. The molecule has 2 aromatic carbocycles. The Hall–Kier alpha value is -1.16. The minimum absolute atomic E-state index is 0.207. The van der Waals surface area contributed by atoms with E-state index < -0.39 is 5.25 Å². The zero-order chi connectivity index (χ0) is 14.5. The molecule has 0 aliphatic rings. The monoisotopic (exact) mass is 325 g/mol. The van der Waals surface area contributed by atoms with Crippen LogP contribution in [0, 0.1) is 0 Å². The van der Waals surface area contributed by atoms with Gasteiger partial charge in [-0.05, 0) is 24.1 Å². The van der Waals surface area contributed by atoms with Crippen LogP contribution in [0.2, 0.25) is 10.0 Å². The van der Waals surface area contributed by atoms with Crippen LogP contribution < -0.4 is 5.32 Å². The van der Waals surface area contributed by atoms with Gasteiger partial charge in [0.05, 0.1) is 21.0 Å². The predicted molar refractivity (Wildman–Crippen MR) is 88.0 cm³/mol. The lowest BCUT2D eigenvalue weighted by Crippen LogP contribution is -2.25. The second kappa shape index (κ2) is 7.02. The molecule has 2 nitrogen and oxygen atoms in total. The maximum atomic E-state index is 12.1. The molecule has 1 atom stereocenters. The Morgan fingerprint density at radius 1 is 1.10 bits per heavy atom. The summed E-state index contributed by atoms with van der Waals surface area (Å²) in [6.07, 6.45) is 0.550. The van der Waals surface area contributed by atoms with Crippen molar-refractivity contribution in [1.82, 2.24) is 0 Å². The molecule has 0 bridgehead atoms. The van der Waals surface area contributed by atoms with Gasteiger partial charge in [-0.25, -0.2) is 0 Å². The summed E-state index contributed by atoms with van der Waals surface area (Å²) in [5.41, 5.74) is 1.55. The maximum absolute atomic E-state index is 12.1. The summed E-state index contributed by atoms with van der Waals surface area (Å²) in [6.45, 7) is 0. The minimum Gasteiger partial charge on any atom is -0.324 e. The fourth-order valence-corrected chi connectivity index (χ4v) is 2.37. The highest BCUT2D eigenvalue weighted by molar-refractivity contribution is 7.81. The van der Waals surface area contributed by atoms with Crippen molar-refractivity contribution >= 4 is 47.4 Å². The van der Waals surface area contributed by atoms with Crippen LogP contribution in [0.4, 0.5) is 5.69 Å². The zero-order valence-electron chi connectivity index (χ0n) is 10.5. The fraction of sp³-hybridized carbons (Fsp3) is 0.133. The van der Waals surface area contributed by atoms with Gasteiger partial charge in [0.15, 0.2) is 0 Å². The van der Waals surface area contributed by atoms with Gasteiger partial charge < -0.3 is 5.32 Å². The van der Waals surface area contributed by atoms with Gasteiger partial charge in [0.25, 0.3) is 0 Å². The van der Waals surface area contributed by atoms with Crippen LogP contribution in [-0.2, 0) is 11.2 Å². The van der Waals surface area contributed by atoms with E-state index in [2.05, 4.69) is 17.9 Å². The summed E-state index contributed by atoms with van der Waals surface area (Å²) < 4.78 is 0. The van der Waals surface area contributed by atoms with Crippen molar-refractivity contribution in [2.24, 2.45) is 0 Å². The molecule has 0 aromatic heterocycles. The summed E-state index contributed by atoms with van der Waals surface area (Å²) in [7, 11) is 0. The largest absolute Gasteiger partial charge is 0.324 e. The number of carbonyl (C=O) groups is 1. The van der Waals surface area contributed by atoms with Gasteiger partial charge in [0, 0.05) is 0 Å². The molecule has 0 spiro atoms. The lowest BCUT2D eigenvalue weighted by Gasteiger charge is -2.13. The van der Waals surface area contributed by atoms with Crippen LogP contribution in [0.5, 0.6) is 0 Å². The topological polar surface area (TPSA) is 29.1 Å². The third-order valence-electron chi connectivity index (χ3n) is 2.78. The van der Waals surface area contributed by atoms with Gasteiger partial charge in [-0.2, -0.15) is 12.6 Å². The van der Waals surface area contributed by atoms with Crippen LogP contribution in [0.3, 0.4) is 0 Å². The summed E-state index contributed by atoms with van der Waals surface area (Å²) in [4.78, 5) is 12.1. The summed E-state index contributed by atoms with van der Waals surface area (Å²) >= 11 is 16.3. The molecule has 0 aliphatic heterocycles. The maximum Gasteiger partial charge on any atom is 0.237 e. The molecule has 1 N–H and O–H groups in total. The first-order chi connectivity index (χ1) is 9.58. The Kier molecular flexibility index (Phi) is 5.35. The molecule has 5 heteroatoms. The van der Waals surface area contributed by atoms with Crippen LogP contribution in [0.15, 0.2) is 48.5 Å². The standard InChI is InChI=1S/C15H13Cl2NOS/c16-11-7-4-8-12(14(11)17)18-15(19)13(20)9-10-5-2-1-3-6-10/h1-8,13,20H,9H2,(H,18,19). The molecule has 0 radical (unpaired) electrons. The SMILES string of the molecule is O=C(Nc1cccc(Cl)c1Cl)C(S)Cc1ccccc1. The zero-order valence-corrected chi connectivity index (χ0v) is 12.9. The van der Waals surface area contributed by atoms with Crippen LogP contribution in [0.25, 0.3) is 0 Å². The smallest absolute Gasteiger partial charge is 0.237 e. The van der Waals surface area contributed by atoms with Crippen LogP contribution in [0.1, 0.15) is 5.56 Å². The van der Waals surface area contributed by atoms with Gasteiger partial charge in [-0.3, -0.25) is 4.79 Å². The molecule has 0 aliphatic carbocycles. The Labute approximate surface area is 133 Å². The second-order valence-corrected chi connectivity index (χ2v) is 5.70. The quantitative estimate of drug-likeness (QED) is 0.798. The van der Waals surface area contributed by atoms with E-state index in [4.69, 9.17) is 23.2 Å². The number of rotatable bonds is 4. The van der Waals surface area contributed by atoms with E-state index in [9.17, 15) is 4.79 Å². The van der Waals surface area contributed by atoms with Gasteiger partial charge in [-0.15, -0.1) is 0 Å². The van der Waals surface area contributed by atoms with E-state index in [1.54, 1.807) is 18.2 Å². The van der Waals surface area contributed by atoms with E-state index in [1.807, 2.05) is 30.3 Å². The average Bonchev–Trinajstić information content (AvgIpc) is 2.45. The van der Waals surface area contributed by atoms with Crippen molar-refractivity contribution < 1.29 is 4.79 Å². The van der Waals surface area contributed by atoms with Crippen molar-refractivity contribution in [2.45, 2.75) is 11.7 Å². The van der Waals surface area contributed by atoms with Crippen molar-refractivity contribution in [1.29, 1.82) is 0 Å². The first kappa shape index (κ1) is 15.2. The van der Waals surface area contributed by atoms with Crippen molar-refractivity contribution in [2.75, 3.05) is 5.32 Å². The first-order valence-corrected chi connectivity index (χ1v) is 7.32. The number of thiol groups is 1. The number of amides is 1. The Balaban J connectivity index is 2.03. The first-order valence-electron chi connectivity index (χ1n) is 6.05. The van der Waals surface area contributed by atoms with E-state index in [0.717, 1.165) is 5.56 Å².